The van der Waals surface area contributed by atoms with Crippen molar-refractivity contribution in [3.63, 3.8) is 0 Å². The van der Waals surface area contributed by atoms with Crippen LogP contribution in [-0.4, -0.2) is 70.0 Å². The van der Waals surface area contributed by atoms with Gasteiger partial charge in [-0.3, -0.25) is 14.2 Å². The first kappa shape index (κ1) is 86.9. The molecular weight excluding hydrogens is 1160 g/mol. The Morgan fingerprint density at radius 1 is 0.337 bits per heavy atom. The Hall–Kier alpha value is -5.15. The van der Waals surface area contributed by atoms with Gasteiger partial charge in [0, 0.05) is 12.8 Å². The van der Waals surface area contributed by atoms with Crippen LogP contribution in [0.2, 0.25) is 0 Å². The number of allylic oxidation sites excluding steroid dienone is 32. The van der Waals surface area contributed by atoms with Crippen LogP contribution >= 0.6 is 7.82 Å². The van der Waals surface area contributed by atoms with Crippen LogP contribution in [0.3, 0.4) is 0 Å². The molecule has 0 N–H and O–H groups in total. The van der Waals surface area contributed by atoms with Gasteiger partial charge in [-0.25, -0.2) is 0 Å². The zero-order chi connectivity index (χ0) is 66.9. The van der Waals surface area contributed by atoms with Crippen molar-refractivity contribution in [2.45, 2.75) is 264 Å². The number of ether oxygens (including phenoxy) is 2. The van der Waals surface area contributed by atoms with Crippen molar-refractivity contribution < 1.29 is 42.1 Å². The molecule has 0 aromatic heterocycles. The first-order valence-electron chi connectivity index (χ1n) is 36.1. The normalized spacial score (nSPS) is 14.3. The van der Waals surface area contributed by atoms with E-state index in [4.69, 9.17) is 18.5 Å². The summed E-state index contributed by atoms with van der Waals surface area (Å²) in [7, 11) is 1.13. The molecule has 2 atom stereocenters. The summed E-state index contributed by atoms with van der Waals surface area (Å²) >= 11 is 0. The topological polar surface area (TPSA) is 111 Å². The fourth-order valence-corrected chi connectivity index (χ4v) is 9.89. The van der Waals surface area contributed by atoms with Gasteiger partial charge in [0.2, 0.25) is 0 Å². The Bertz CT molecular complexity index is 2260. The molecule has 0 saturated carbocycles. The summed E-state index contributed by atoms with van der Waals surface area (Å²) in [6, 6.07) is 0. The average Bonchev–Trinajstić information content (AvgIpc) is 2.23. The van der Waals surface area contributed by atoms with Crippen molar-refractivity contribution in [3.05, 3.63) is 194 Å². The SMILES string of the molecule is CC/C=C\C/C=C\C/C=C\C/C=C\C/C=C\C/C=C\C/C=C\C/C=C\C/C=C\C/C=C\C/C=C\CCCCCCCCCC(=O)OC(COC(=O)CCCCCCCCCCCCC/C=C\C/C=C\C/C=C\C/C=C\C/C=C\CC)COP(=O)([O-])OCC[N+](C)(C)C. The smallest absolute Gasteiger partial charge is 0.306 e. The van der Waals surface area contributed by atoms with Crippen molar-refractivity contribution >= 4 is 19.8 Å². The maximum atomic E-state index is 12.9. The number of esters is 2. The van der Waals surface area contributed by atoms with Crippen molar-refractivity contribution in [1.29, 1.82) is 0 Å². The number of hydrogen-bond donors (Lipinski definition) is 0. The van der Waals surface area contributed by atoms with Gasteiger partial charge in [0.1, 0.15) is 19.8 Å². The lowest BCUT2D eigenvalue weighted by Crippen LogP contribution is -2.37. The van der Waals surface area contributed by atoms with E-state index in [0.717, 1.165) is 161 Å². The Balaban J connectivity index is 4.15. The fourth-order valence-electron chi connectivity index (χ4n) is 9.16. The molecule has 0 rings (SSSR count). The fraction of sp³-hybridized carbons (Fsp3) is 0.585. The van der Waals surface area contributed by atoms with Gasteiger partial charge in [-0.05, 0) is 141 Å². The van der Waals surface area contributed by atoms with Crippen molar-refractivity contribution in [2.24, 2.45) is 0 Å². The number of hydrogen-bond acceptors (Lipinski definition) is 8. The van der Waals surface area contributed by atoms with E-state index < -0.39 is 32.5 Å². The summed E-state index contributed by atoms with van der Waals surface area (Å²) in [6.45, 7) is 3.98. The molecule has 0 amide bonds. The summed E-state index contributed by atoms with van der Waals surface area (Å²) in [6.07, 6.45) is 109. The minimum Gasteiger partial charge on any atom is -0.756 e. The lowest BCUT2D eigenvalue weighted by molar-refractivity contribution is -0.870. The molecule has 2 unspecified atom stereocenters. The standard InChI is InChI=1S/C82H132NO8P/c1-6-8-10-12-14-16-18-20-22-24-26-28-30-32-34-35-36-37-38-39-40-41-42-43-44-45-46-47-49-51-53-55-57-59-61-63-65-67-69-71-73-75-82(85)91-80(79-90-92(86,87)89-77-76-83(3,4)5)78-88-81(84)74-72-70-68-66-64-62-60-58-56-54-52-50-48-33-31-29-27-25-23-21-19-17-15-13-11-9-7-2/h8-11,14-17,20-23,26-29,32-34,36-37,39-40,42-43,45-46,48-49,51,55,57,80H,6-7,12-13,18-19,24-25,30-31,35,38,41,44,47,50,52-54,56,58-79H2,1-5H3/b10-8-,11-9-,16-14-,17-15-,22-20-,23-21-,28-26-,29-27-,34-32-,37-36-,40-39-,43-42-,46-45-,48-33-,51-49-,57-55-. The van der Waals surface area contributed by atoms with Crippen LogP contribution in [0.5, 0.6) is 0 Å². The maximum absolute atomic E-state index is 12.9. The Morgan fingerprint density at radius 3 is 0.870 bits per heavy atom. The highest BCUT2D eigenvalue weighted by molar-refractivity contribution is 7.45. The van der Waals surface area contributed by atoms with E-state index in [1.54, 1.807) is 0 Å². The second-order valence-electron chi connectivity index (χ2n) is 24.5. The monoisotopic (exact) mass is 1290 g/mol. The zero-order valence-electron chi connectivity index (χ0n) is 58.9. The number of carbonyl (C=O) groups is 2. The summed E-state index contributed by atoms with van der Waals surface area (Å²) < 4.78 is 34.3. The second kappa shape index (κ2) is 70.2. The molecule has 0 aliphatic heterocycles. The van der Waals surface area contributed by atoms with Gasteiger partial charge in [-0.2, -0.15) is 0 Å². The van der Waals surface area contributed by atoms with E-state index in [2.05, 4.69) is 208 Å². The largest absolute Gasteiger partial charge is 0.756 e. The van der Waals surface area contributed by atoms with Crippen molar-refractivity contribution in [2.75, 3.05) is 47.5 Å². The summed E-state index contributed by atoms with van der Waals surface area (Å²) in [4.78, 5) is 38.1. The van der Waals surface area contributed by atoms with E-state index in [-0.39, 0.29) is 26.1 Å². The molecular formula is C82H132NO8P. The van der Waals surface area contributed by atoms with E-state index in [9.17, 15) is 19.0 Å². The molecule has 10 heteroatoms. The number of quaternary nitrogens is 1. The van der Waals surface area contributed by atoms with Gasteiger partial charge >= 0.3 is 11.9 Å². The number of rotatable bonds is 64. The average molecular weight is 1290 g/mol. The van der Waals surface area contributed by atoms with Gasteiger partial charge in [0.15, 0.2) is 6.10 Å². The van der Waals surface area contributed by atoms with Crippen LogP contribution in [0.4, 0.5) is 0 Å². The third-order valence-corrected chi connectivity index (χ3v) is 15.6. The van der Waals surface area contributed by atoms with Gasteiger partial charge in [0.05, 0.1) is 27.7 Å². The van der Waals surface area contributed by atoms with Crippen molar-refractivity contribution in [1.82, 2.24) is 0 Å². The van der Waals surface area contributed by atoms with E-state index in [0.29, 0.717) is 23.9 Å². The lowest BCUT2D eigenvalue weighted by atomic mass is 10.0. The highest BCUT2D eigenvalue weighted by Gasteiger charge is 2.22. The van der Waals surface area contributed by atoms with Gasteiger partial charge in [-0.15, -0.1) is 0 Å². The Kier molecular flexibility index (Phi) is 66.2. The number of phosphoric acid groups is 1. The quantitative estimate of drug-likeness (QED) is 0.0195. The molecule has 0 aliphatic rings. The number of nitrogens with zero attached hydrogens (tertiary/aromatic N) is 1. The molecule has 9 nitrogen and oxygen atoms in total. The molecule has 92 heavy (non-hydrogen) atoms. The molecule has 0 fully saturated rings. The third kappa shape index (κ3) is 73.9. The van der Waals surface area contributed by atoms with Crippen LogP contribution < -0.4 is 4.89 Å². The predicted octanol–water partition coefficient (Wildman–Crippen LogP) is 23.4. The first-order valence-corrected chi connectivity index (χ1v) is 37.6. The summed E-state index contributed by atoms with van der Waals surface area (Å²) in [5.74, 6) is -0.861. The molecule has 0 bridgehead atoms. The van der Waals surface area contributed by atoms with Crippen molar-refractivity contribution in [3.8, 4) is 0 Å². The highest BCUT2D eigenvalue weighted by Crippen LogP contribution is 2.38. The summed E-state index contributed by atoms with van der Waals surface area (Å²) in [5.41, 5.74) is 0. The van der Waals surface area contributed by atoms with Gasteiger partial charge in [0.25, 0.3) is 7.82 Å². The third-order valence-electron chi connectivity index (χ3n) is 14.6. The number of phosphoric ester groups is 1. The van der Waals surface area contributed by atoms with Gasteiger partial charge in [-0.1, -0.05) is 298 Å². The lowest BCUT2D eigenvalue weighted by Gasteiger charge is -2.28. The maximum Gasteiger partial charge on any atom is 0.306 e. The van der Waals surface area contributed by atoms with Crippen LogP contribution in [-0.2, 0) is 32.7 Å². The molecule has 0 aromatic rings. The number of likely N-dealkylation sites (N-methyl/N-ethyl adjacent to an activating group) is 1. The minimum atomic E-state index is -4.66. The highest BCUT2D eigenvalue weighted by atomic mass is 31.2. The first-order chi connectivity index (χ1) is 45.0. The molecule has 0 saturated heterocycles. The van der Waals surface area contributed by atoms with Crippen LogP contribution in [0, 0.1) is 0 Å². The number of unbranched alkanes of at least 4 members (excludes halogenated alkanes) is 18. The zero-order valence-corrected chi connectivity index (χ0v) is 59.8. The predicted molar refractivity (Wildman–Crippen MR) is 396 cm³/mol. The second-order valence-corrected chi connectivity index (χ2v) is 25.9. The molecule has 0 spiro atoms. The Labute approximate surface area is 564 Å². The molecule has 0 aromatic carbocycles. The van der Waals surface area contributed by atoms with Crippen LogP contribution in [0.15, 0.2) is 194 Å². The molecule has 0 radical (unpaired) electrons. The van der Waals surface area contributed by atoms with Crippen LogP contribution in [0.1, 0.15) is 258 Å². The Morgan fingerprint density at radius 2 is 0.587 bits per heavy atom. The minimum absolute atomic E-state index is 0.0437. The molecule has 0 heterocycles. The van der Waals surface area contributed by atoms with Gasteiger partial charge < -0.3 is 27.9 Å². The summed E-state index contributed by atoms with van der Waals surface area (Å²) in [5, 5.41) is 0. The molecule has 518 valence electrons. The van der Waals surface area contributed by atoms with Crippen LogP contribution in [0.25, 0.3) is 0 Å². The van der Waals surface area contributed by atoms with E-state index >= 15 is 0 Å². The van der Waals surface area contributed by atoms with E-state index in [1.165, 1.54) is 57.8 Å². The number of carbonyl (C=O) groups excluding carboxylic acids is 2. The molecule has 0 aliphatic carbocycles. The van der Waals surface area contributed by atoms with E-state index in [1.807, 2.05) is 21.1 Å².